The average molecular weight is 238 g/mol. The molecule has 0 fully saturated rings. The summed E-state index contributed by atoms with van der Waals surface area (Å²) in [7, 11) is 0. The number of nitrogens with zero attached hydrogens (tertiary/aromatic N) is 2. The molecule has 0 radical (unpaired) electrons. The molecule has 1 heterocycles. The maximum absolute atomic E-state index is 5.44. The Labute approximate surface area is 101 Å². The smallest absolute Gasteiger partial charge is 0.126 e. The second kappa shape index (κ2) is 6.50. The molecule has 0 saturated carbocycles. The lowest BCUT2D eigenvalue weighted by atomic mass is 10.1. The molecule has 0 saturated heterocycles. The average Bonchev–Trinajstić information content (AvgIpc) is 2.26. The van der Waals surface area contributed by atoms with Gasteiger partial charge in [0.25, 0.3) is 0 Å². The lowest BCUT2D eigenvalue weighted by Gasteiger charge is -2.06. The standard InChI is InChI=1S/C11H18N4S/c1-8(2)5-10-4-3-9(6-14-10)11(15-13)16-7-12/h3-4,6,8H,5,7,12-13H2,1-2H3/b15-11-. The number of thioether (sulfide) groups is 1. The number of pyridine rings is 1. The number of hydrazone groups is 1. The van der Waals surface area contributed by atoms with Gasteiger partial charge in [-0.2, -0.15) is 5.10 Å². The van der Waals surface area contributed by atoms with Gasteiger partial charge >= 0.3 is 0 Å². The van der Waals surface area contributed by atoms with Crippen molar-refractivity contribution in [2.45, 2.75) is 20.3 Å². The molecular formula is C11H18N4S. The van der Waals surface area contributed by atoms with E-state index in [1.165, 1.54) is 11.8 Å². The van der Waals surface area contributed by atoms with Crippen molar-refractivity contribution in [2.75, 3.05) is 5.88 Å². The van der Waals surface area contributed by atoms with Crippen molar-refractivity contribution in [1.82, 2.24) is 4.98 Å². The van der Waals surface area contributed by atoms with Gasteiger partial charge in [0.15, 0.2) is 0 Å². The molecule has 0 aliphatic heterocycles. The van der Waals surface area contributed by atoms with Gasteiger partial charge in [-0.1, -0.05) is 25.6 Å². The van der Waals surface area contributed by atoms with E-state index in [2.05, 4.69) is 23.9 Å². The fourth-order valence-electron chi connectivity index (χ4n) is 1.36. The van der Waals surface area contributed by atoms with Crippen LogP contribution in [0.4, 0.5) is 0 Å². The van der Waals surface area contributed by atoms with E-state index in [1.807, 2.05) is 12.1 Å². The van der Waals surface area contributed by atoms with Crippen LogP contribution >= 0.6 is 11.8 Å². The molecule has 4 N–H and O–H groups in total. The minimum Gasteiger partial charge on any atom is -0.322 e. The highest BCUT2D eigenvalue weighted by Gasteiger charge is 2.05. The van der Waals surface area contributed by atoms with Crippen molar-refractivity contribution in [3.8, 4) is 0 Å². The molecule has 1 aromatic rings. The Morgan fingerprint density at radius 2 is 2.25 bits per heavy atom. The highest BCUT2D eigenvalue weighted by atomic mass is 32.2. The first-order valence-corrected chi connectivity index (χ1v) is 6.22. The largest absolute Gasteiger partial charge is 0.322 e. The summed E-state index contributed by atoms with van der Waals surface area (Å²) in [5.41, 5.74) is 7.46. The Hall–Kier alpha value is -1.07. The van der Waals surface area contributed by atoms with Crippen molar-refractivity contribution < 1.29 is 0 Å². The molecule has 5 heteroatoms. The third-order valence-electron chi connectivity index (χ3n) is 2.03. The summed E-state index contributed by atoms with van der Waals surface area (Å²) in [6, 6.07) is 4.00. The Bertz CT molecular complexity index is 346. The van der Waals surface area contributed by atoms with Gasteiger partial charge in [-0.15, -0.1) is 0 Å². The van der Waals surface area contributed by atoms with E-state index in [9.17, 15) is 0 Å². The maximum Gasteiger partial charge on any atom is 0.126 e. The second-order valence-corrected chi connectivity index (χ2v) is 4.89. The van der Waals surface area contributed by atoms with Crippen molar-refractivity contribution in [3.63, 3.8) is 0 Å². The molecule has 1 rings (SSSR count). The highest BCUT2D eigenvalue weighted by Crippen LogP contribution is 2.12. The first kappa shape index (κ1) is 13.0. The Morgan fingerprint density at radius 3 is 2.69 bits per heavy atom. The summed E-state index contributed by atoms with van der Waals surface area (Å²) in [5.74, 6) is 6.37. The van der Waals surface area contributed by atoms with Gasteiger partial charge in [0, 0.05) is 23.3 Å². The summed E-state index contributed by atoms with van der Waals surface area (Å²) in [6.07, 6.45) is 2.78. The van der Waals surface area contributed by atoms with Crippen LogP contribution < -0.4 is 11.6 Å². The summed E-state index contributed by atoms with van der Waals surface area (Å²) >= 11 is 1.41. The summed E-state index contributed by atoms with van der Waals surface area (Å²) in [6.45, 7) is 4.35. The van der Waals surface area contributed by atoms with Crippen LogP contribution in [0.2, 0.25) is 0 Å². The predicted octanol–water partition coefficient (Wildman–Crippen LogP) is 1.55. The minimum atomic E-state index is 0.462. The minimum absolute atomic E-state index is 0.462. The van der Waals surface area contributed by atoms with E-state index in [0.29, 0.717) is 11.8 Å². The maximum atomic E-state index is 5.44. The Morgan fingerprint density at radius 1 is 1.50 bits per heavy atom. The molecule has 0 aromatic carbocycles. The molecule has 16 heavy (non-hydrogen) atoms. The SMILES string of the molecule is CC(C)Cc1ccc(/C(=N/N)SCN)cn1. The molecule has 0 aliphatic rings. The number of hydrogen-bond acceptors (Lipinski definition) is 5. The van der Waals surface area contributed by atoms with Gasteiger partial charge in [0.1, 0.15) is 5.04 Å². The van der Waals surface area contributed by atoms with E-state index < -0.39 is 0 Å². The van der Waals surface area contributed by atoms with Gasteiger partial charge in [-0.05, 0) is 24.5 Å². The normalized spacial score (nSPS) is 12.1. The molecule has 1 aromatic heterocycles. The number of hydrogen-bond donors (Lipinski definition) is 2. The summed E-state index contributed by atoms with van der Waals surface area (Å²) in [5, 5.41) is 4.43. The fraction of sp³-hybridized carbons (Fsp3) is 0.455. The first-order valence-electron chi connectivity index (χ1n) is 5.23. The van der Waals surface area contributed by atoms with Gasteiger partial charge in [-0.25, -0.2) is 0 Å². The van der Waals surface area contributed by atoms with Crippen LogP contribution in [0.3, 0.4) is 0 Å². The number of nitrogens with two attached hydrogens (primary N) is 2. The molecule has 0 amide bonds. The highest BCUT2D eigenvalue weighted by molar-refractivity contribution is 8.14. The van der Waals surface area contributed by atoms with Crippen LogP contribution in [-0.2, 0) is 6.42 Å². The molecule has 0 atom stereocenters. The van der Waals surface area contributed by atoms with E-state index in [4.69, 9.17) is 11.6 Å². The van der Waals surface area contributed by atoms with Gasteiger partial charge in [0.2, 0.25) is 0 Å². The lowest BCUT2D eigenvalue weighted by molar-refractivity contribution is 0.635. The van der Waals surface area contributed by atoms with Crippen LogP contribution in [0, 0.1) is 5.92 Å². The molecule has 0 spiro atoms. The monoisotopic (exact) mass is 238 g/mol. The Balaban J connectivity index is 2.77. The Kier molecular flexibility index (Phi) is 5.28. The summed E-state index contributed by atoms with van der Waals surface area (Å²) < 4.78 is 0. The van der Waals surface area contributed by atoms with Crippen molar-refractivity contribution >= 4 is 16.8 Å². The van der Waals surface area contributed by atoms with E-state index in [0.717, 1.165) is 22.7 Å². The van der Waals surface area contributed by atoms with Crippen LogP contribution in [0.1, 0.15) is 25.1 Å². The third kappa shape index (κ3) is 3.83. The van der Waals surface area contributed by atoms with E-state index in [-0.39, 0.29) is 0 Å². The second-order valence-electron chi connectivity index (χ2n) is 3.88. The van der Waals surface area contributed by atoms with Crippen molar-refractivity contribution in [3.05, 3.63) is 29.6 Å². The quantitative estimate of drug-likeness (QED) is 0.274. The van der Waals surface area contributed by atoms with Crippen molar-refractivity contribution in [2.24, 2.45) is 22.6 Å². The first-order chi connectivity index (χ1) is 7.67. The fourth-order valence-corrected chi connectivity index (χ4v) is 1.88. The number of rotatable bonds is 4. The topological polar surface area (TPSA) is 77.3 Å². The molecule has 0 bridgehead atoms. The zero-order chi connectivity index (χ0) is 12.0. The van der Waals surface area contributed by atoms with Crippen LogP contribution in [0.15, 0.2) is 23.4 Å². The van der Waals surface area contributed by atoms with Crippen LogP contribution in [0.25, 0.3) is 0 Å². The molecule has 0 aliphatic carbocycles. The molecule has 4 nitrogen and oxygen atoms in total. The van der Waals surface area contributed by atoms with Gasteiger partial charge in [-0.3, -0.25) is 4.98 Å². The molecule has 0 unspecified atom stereocenters. The third-order valence-corrected chi connectivity index (χ3v) is 2.81. The lowest BCUT2D eigenvalue weighted by Crippen LogP contribution is -2.06. The van der Waals surface area contributed by atoms with Gasteiger partial charge < -0.3 is 11.6 Å². The zero-order valence-electron chi connectivity index (χ0n) is 9.68. The van der Waals surface area contributed by atoms with Crippen LogP contribution in [0.5, 0.6) is 0 Å². The van der Waals surface area contributed by atoms with E-state index in [1.54, 1.807) is 6.20 Å². The summed E-state index contributed by atoms with van der Waals surface area (Å²) in [4.78, 5) is 4.38. The van der Waals surface area contributed by atoms with E-state index >= 15 is 0 Å². The van der Waals surface area contributed by atoms with Crippen LogP contribution in [-0.4, -0.2) is 15.9 Å². The van der Waals surface area contributed by atoms with Crippen molar-refractivity contribution in [1.29, 1.82) is 0 Å². The molecular weight excluding hydrogens is 220 g/mol. The predicted molar refractivity (Wildman–Crippen MR) is 70.1 cm³/mol. The zero-order valence-corrected chi connectivity index (χ0v) is 10.5. The molecule has 88 valence electrons. The number of aromatic nitrogens is 1. The van der Waals surface area contributed by atoms with Gasteiger partial charge in [0.05, 0.1) is 0 Å².